The van der Waals surface area contributed by atoms with Gasteiger partial charge in [-0.05, 0) is 30.2 Å². The molecule has 112 valence electrons. The lowest BCUT2D eigenvalue weighted by molar-refractivity contribution is 0.0138. The van der Waals surface area contributed by atoms with Gasteiger partial charge in [0.2, 0.25) is 0 Å². The van der Waals surface area contributed by atoms with Gasteiger partial charge in [-0.3, -0.25) is 4.79 Å². The number of ether oxygens (including phenoxy) is 1. The predicted molar refractivity (Wildman–Crippen MR) is 80.0 cm³/mol. The lowest BCUT2D eigenvalue weighted by atomic mass is 9.80. The molecule has 0 saturated carbocycles. The third kappa shape index (κ3) is 4.23. The predicted octanol–water partition coefficient (Wildman–Crippen LogP) is 2.47. The zero-order chi connectivity index (χ0) is 15.3. The van der Waals surface area contributed by atoms with Gasteiger partial charge in [-0.1, -0.05) is 27.7 Å². The third-order valence-electron chi connectivity index (χ3n) is 3.49. The van der Waals surface area contributed by atoms with Gasteiger partial charge < -0.3 is 15.2 Å². The standard InChI is InChI=1S/C16H25NO3/c1-11(2)14(18)16(3,4)10-17-15(19)12-6-8-13(20-5)9-7-12/h6-9,11,14,18H,10H2,1-5H3,(H,17,19). The Morgan fingerprint density at radius 2 is 1.85 bits per heavy atom. The van der Waals surface area contributed by atoms with Crippen molar-refractivity contribution in [3.8, 4) is 5.75 Å². The SMILES string of the molecule is COc1ccc(C(=O)NCC(C)(C)C(O)C(C)C)cc1. The Labute approximate surface area is 121 Å². The van der Waals surface area contributed by atoms with Crippen LogP contribution in [0.3, 0.4) is 0 Å². The molecule has 0 radical (unpaired) electrons. The highest BCUT2D eigenvalue weighted by atomic mass is 16.5. The molecule has 0 saturated heterocycles. The van der Waals surface area contributed by atoms with E-state index in [1.807, 2.05) is 27.7 Å². The molecule has 1 aromatic rings. The summed E-state index contributed by atoms with van der Waals surface area (Å²) < 4.78 is 5.06. The number of amides is 1. The lowest BCUT2D eigenvalue weighted by Gasteiger charge is -2.33. The molecule has 0 aliphatic heterocycles. The first-order valence-corrected chi connectivity index (χ1v) is 6.88. The highest BCUT2D eigenvalue weighted by molar-refractivity contribution is 5.94. The van der Waals surface area contributed by atoms with Gasteiger partial charge in [0, 0.05) is 17.5 Å². The minimum atomic E-state index is -0.460. The van der Waals surface area contributed by atoms with E-state index in [9.17, 15) is 9.90 Å². The van der Waals surface area contributed by atoms with Crippen molar-refractivity contribution in [2.45, 2.75) is 33.8 Å². The first-order valence-electron chi connectivity index (χ1n) is 6.88. The number of rotatable bonds is 6. The fourth-order valence-electron chi connectivity index (χ4n) is 2.16. The smallest absolute Gasteiger partial charge is 0.251 e. The Kier molecular flexibility index (Phi) is 5.57. The van der Waals surface area contributed by atoms with E-state index in [1.165, 1.54) is 0 Å². The molecule has 1 atom stereocenters. The summed E-state index contributed by atoms with van der Waals surface area (Å²) in [7, 11) is 1.59. The quantitative estimate of drug-likeness (QED) is 0.841. The molecular formula is C16H25NO3. The second-order valence-electron chi connectivity index (χ2n) is 6.09. The van der Waals surface area contributed by atoms with Crippen molar-refractivity contribution in [1.29, 1.82) is 0 Å². The van der Waals surface area contributed by atoms with Crippen molar-refractivity contribution in [3.05, 3.63) is 29.8 Å². The van der Waals surface area contributed by atoms with E-state index >= 15 is 0 Å². The normalized spacial score (nSPS) is 13.2. The summed E-state index contributed by atoms with van der Waals surface area (Å²) in [5.74, 6) is 0.733. The molecule has 1 rings (SSSR count). The first kappa shape index (κ1) is 16.5. The zero-order valence-corrected chi connectivity index (χ0v) is 12.9. The number of carbonyl (C=O) groups excluding carboxylic acids is 1. The molecule has 0 aliphatic carbocycles. The second-order valence-corrected chi connectivity index (χ2v) is 6.09. The van der Waals surface area contributed by atoms with Crippen molar-refractivity contribution >= 4 is 5.91 Å². The first-order chi connectivity index (χ1) is 9.27. The van der Waals surface area contributed by atoms with Crippen LogP contribution in [0, 0.1) is 11.3 Å². The van der Waals surface area contributed by atoms with Crippen LogP contribution in [-0.4, -0.2) is 30.8 Å². The number of benzene rings is 1. The molecule has 20 heavy (non-hydrogen) atoms. The largest absolute Gasteiger partial charge is 0.497 e. The van der Waals surface area contributed by atoms with Crippen LogP contribution in [0.25, 0.3) is 0 Å². The molecule has 0 aliphatic rings. The number of methoxy groups -OCH3 is 1. The average molecular weight is 279 g/mol. The molecule has 1 aromatic carbocycles. The Morgan fingerprint density at radius 3 is 2.30 bits per heavy atom. The van der Waals surface area contributed by atoms with Crippen molar-refractivity contribution in [3.63, 3.8) is 0 Å². The molecule has 2 N–H and O–H groups in total. The van der Waals surface area contributed by atoms with Crippen LogP contribution in [0.5, 0.6) is 5.75 Å². The van der Waals surface area contributed by atoms with E-state index in [2.05, 4.69) is 5.32 Å². The minimum absolute atomic E-state index is 0.142. The summed E-state index contributed by atoms with van der Waals surface area (Å²) in [6.07, 6.45) is -0.460. The Bertz CT molecular complexity index is 438. The second kappa shape index (κ2) is 6.75. The third-order valence-corrected chi connectivity index (χ3v) is 3.49. The van der Waals surface area contributed by atoms with E-state index in [1.54, 1.807) is 31.4 Å². The maximum atomic E-state index is 12.0. The number of hydrogen-bond donors (Lipinski definition) is 2. The molecule has 4 nitrogen and oxygen atoms in total. The molecular weight excluding hydrogens is 254 g/mol. The summed E-state index contributed by atoms with van der Waals surface area (Å²) in [6.45, 7) is 8.27. The van der Waals surface area contributed by atoms with E-state index < -0.39 is 6.10 Å². The zero-order valence-electron chi connectivity index (χ0n) is 12.9. The van der Waals surface area contributed by atoms with Crippen molar-refractivity contribution in [1.82, 2.24) is 5.32 Å². The van der Waals surface area contributed by atoms with E-state index in [4.69, 9.17) is 4.74 Å². The highest BCUT2D eigenvalue weighted by Crippen LogP contribution is 2.25. The molecule has 4 heteroatoms. The highest BCUT2D eigenvalue weighted by Gasteiger charge is 2.30. The van der Waals surface area contributed by atoms with Crippen LogP contribution >= 0.6 is 0 Å². The fraction of sp³-hybridized carbons (Fsp3) is 0.562. The van der Waals surface area contributed by atoms with Gasteiger partial charge in [-0.25, -0.2) is 0 Å². The topological polar surface area (TPSA) is 58.6 Å². The average Bonchev–Trinajstić information content (AvgIpc) is 2.44. The van der Waals surface area contributed by atoms with Gasteiger partial charge in [0.15, 0.2) is 0 Å². The van der Waals surface area contributed by atoms with E-state index in [0.717, 1.165) is 5.75 Å². The Hall–Kier alpha value is -1.55. The molecule has 0 spiro atoms. The van der Waals surface area contributed by atoms with Crippen molar-refractivity contribution in [2.75, 3.05) is 13.7 Å². The van der Waals surface area contributed by atoms with Gasteiger partial charge in [-0.15, -0.1) is 0 Å². The number of aliphatic hydroxyl groups is 1. The van der Waals surface area contributed by atoms with Crippen LogP contribution < -0.4 is 10.1 Å². The van der Waals surface area contributed by atoms with Crippen molar-refractivity contribution in [2.24, 2.45) is 11.3 Å². The lowest BCUT2D eigenvalue weighted by Crippen LogP contribution is -2.43. The van der Waals surface area contributed by atoms with Crippen LogP contribution in [0.4, 0.5) is 0 Å². The monoisotopic (exact) mass is 279 g/mol. The Morgan fingerprint density at radius 1 is 1.30 bits per heavy atom. The Balaban J connectivity index is 2.62. The maximum absolute atomic E-state index is 12.0. The summed E-state index contributed by atoms with van der Waals surface area (Å²) in [5, 5.41) is 13.0. The molecule has 0 fully saturated rings. The van der Waals surface area contributed by atoms with Gasteiger partial charge >= 0.3 is 0 Å². The summed E-state index contributed by atoms with van der Waals surface area (Å²) in [4.78, 5) is 12.0. The van der Waals surface area contributed by atoms with Crippen LogP contribution in [0.15, 0.2) is 24.3 Å². The molecule has 1 unspecified atom stereocenters. The molecule has 1 amide bonds. The number of aliphatic hydroxyl groups excluding tert-OH is 1. The number of carbonyl (C=O) groups is 1. The molecule has 0 bridgehead atoms. The molecule has 0 heterocycles. The van der Waals surface area contributed by atoms with Gasteiger partial charge in [-0.2, -0.15) is 0 Å². The van der Waals surface area contributed by atoms with Gasteiger partial charge in [0.05, 0.1) is 13.2 Å². The van der Waals surface area contributed by atoms with Gasteiger partial charge in [0.1, 0.15) is 5.75 Å². The van der Waals surface area contributed by atoms with Crippen LogP contribution in [0.2, 0.25) is 0 Å². The van der Waals surface area contributed by atoms with Crippen molar-refractivity contribution < 1.29 is 14.6 Å². The number of nitrogens with one attached hydrogen (secondary N) is 1. The summed E-state index contributed by atoms with van der Waals surface area (Å²) in [6, 6.07) is 6.95. The van der Waals surface area contributed by atoms with Crippen LogP contribution in [0.1, 0.15) is 38.1 Å². The van der Waals surface area contributed by atoms with E-state index in [-0.39, 0.29) is 17.2 Å². The minimum Gasteiger partial charge on any atom is -0.497 e. The number of hydrogen-bond acceptors (Lipinski definition) is 3. The van der Waals surface area contributed by atoms with E-state index in [0.29, 0.717) is 12.1 Å². The summed E-state index contributed by atoms with van der Waals surface area (Å²) >= 11 is 0. The van der Waals surface area contributed by atoms with Gasteiger partial charge in [0.25, 0.3) is 5.91 Å². The maximum Gasteiger partial charge on any atom is 0.251 e. The van der Waals surface area contributed by atoms with Crippen LogP contribution in [-0.2, 0) is 0 Å². The summed E-state index contributed by atoms with van der Waals surface area (Å²) in [5.41, 5.74) is 0.219. The molecule has 0 aromatic heterocycles. The fourth-order valence-corrected chi connectivity index (χ4v) is 2.16.